The maximum Gasteiger partial charge on any atom is 0.126 e. The van der Waals surface area contributed by atoms with Crippen LogP contribution in [-0.2, 0) is 18.3 Å². The molecule has 6 heteroatoms. The van der Waals surface area contributed by atoms with Gasteiger partial charge in [0.1, 0.15) is 23.8 Å². The van der Waals surface area contributed by atoms with E-state index in [4.69, 9.17) is 9.47 Å². The van der Waals surface area contributed by atoms with E-state index < -0.39 is 0 Å². The van der Waals surface area contributed by atoms with Crippen LogP contribution in [0, 0.1) is 5.82 Å². The zero-order chi connectivity index (χ0) is 16.3. The second-order valence-electron chi connectivity index (χ2n) is 6.09. The summed E-state index contributed by atoms with van der Waals surface area (Å²) in [5.41, 5.74) is 0.813. The average molecular weight is 319 g/mol. The monoisotopic (exact) mass is 319 g/mol. The Morgan fingerprint density at radius 3 is 2.96 bits per heavy atom. The molecule has 1 aromatic carbocycles. The Hall–Kier alpha value is -1.92. The molecule has 5 nitrogen and oxygen atoms in total. The molecule has 0 spiro atoms. The number of aryl methyl sites for hydroxylation is 1. The molecule has 2 aromatic rings. The minimum absolute atomic E-state index is 0.293. The molecule has 1 fully saturated rings. The van der Waals surface area contributed by atoms with Gasteiger partial charge in [-0.05, 0) is 18.6 Å². The van der Waals surface area contributed by atoms with Crippen molar-refractivity contribution < 1.29 is 13.9 Å². The number of imidazole rings is 1. The molecule has 2 heterocycles. The van der Waals surface area contributed by atoms with Crippen LogP contribution in [0.3, 0.4) is 0 Å². The maximum absolute atomic E-state index is 13.2. The first-order valence-electron chi connectivity index (χ1n) is 7.71. The molecule has 23 heavy (non-hydrogen) atoms. The Labute approximate surface area is 135 Å². The van der Waals surface area contributed by atoms with Crippen LogP contribution in [0.15, 0.2) is 36.8 Å². The van der Waals surface area contributed by atoms with Gasteiger partial charge in [-0.2, -0.15) is 0 Å². The molecule has 1 unspecified atom stereocenters. The number of likely N-dealkylation sites (tertiary alicyclic amines) is 1. The molecule has 0 aliphatic carbocycles. The maximum atomic E-state index is 13.2. The molecule has 0 amide bonds. The first-order chi connectivity index (χ1) is 11.1. The van der Waals surface area contributed by atoms with E-state index in [0.717, 1.165) is 26.1 Å². The lowest BCUT2D eigenvalue weighted by Crippen LogP contribution is -2.41. The second-order valence-corrected chi connectivity index (χ2v) is 6.09. The molecule has 0 N–H and O–H groups in total. The fourth-order valence-electron chi connectivity index (χ4n) is 2.94. The largest absolute Gasteiger partial charge is 0.490 e. The average Bonchev–Trinajstić information content (AvgIpc) is 3.14. The van der Waals surface area contributed by atoms with Crippen LogP contribution in [-0.4, -0.2) is 46.9 Å². The van der Waals surface area contributed by atoms with Crippen molar-refractivity contribution in [2.75, 3.05) is 26.8 Å². The van der Waals surface area contributed by atoms with Crippen LogP contribution in [0.5, 0.6) is 5.75 Å². The Balaban J connectivity index is 1.60. The van der Waals surface area contributed by atoms with Crippen molar-refractivity contribution in [1.82, 2.24) is 14.5 Å². The van der Waals surface area contributed by atoms with Crippen molar-refractivity contribution in [2.45, 2.75) is 18.6 Å². The van der Waals surface area contributed by atoms with E-state index in [-0.39, 0.29) is 11.4 Å². The highest BCUT2D eigenvalue weighted by Gasteiger charge is 2.39. The molecule has 0 saturated carbocycles. The number of methoxy groups -OCH3 is 1. The summed E-state index contributed by atoms with van der Waals surface area (Å²) < 4.78 is 26.8. The van der Waals surface area contributed by atoms with Crippen LogP contribution in [0.1, 0.15) is 12.1 Å². The van der Waals surface area contributed by atoms with Gasteiger partial charge in [-0.15, -0.1) is 0 Å². The van der Waals surface area contributed by atoms with Crippen LogP contribution in [0.4, 0.5) is 4.39 Å². The quantitative estimate of drug-likeness (QED) is 0.818. The minimum atomic E-state index is -0.356. The molecule has 1 aliphatic heterocycles. The lowest BCUT2D eigenvalue weighted by atomic mass is 10.0. The highest BCUT2D eigenvalue weighted by molar-refractivity contribution is 5.22. The Morgan fingerprint density at radius 1 is 1.39 bits per heavy atom. The molecule has 1 aliphatic rings. The predicted molar refractivity (Wildman–Crippen MR) is 84.7 cm³/mol. The third kappa shape index (κ3) is 3.71. The summed E-state index contributed by atoms with van der Waals surface area (Å²) in [6.07, 6.45) is 4.58. The molecule has 0 radical (unpaired) electrons. The Kier molecular flexibility index (Phi) is 4.63. The highest BCUT2D eigenvalue weighted by Crippen LogP contribution is 2.27. The molecule has 124 valence electrons. The summed E-state index contributed by atoms with van der Waals surface area (Å²) in [5.74, 6) is 0.240. The molecule has 3 rings (SSSR count). The van der Waals surface area contributed by atoms with Gasteiger partial charge < -0.3 is 14.0 Å². The van der Waals surface area contributed by atoms with Crippen molar-refractivity contribution in [2.24, 2.45) is 7.05 Å². The molecule has 1 atom stereocenters. The fourth-order valence-corrected chi connectivity index (χ4v) is 2.94. The number of ether oxygens (including phenoxy) is 2. The fraction of sp³-hybridized carbons (Fsp3) is 0.471. The minimum Gasteiger partial charge on any atom is -0.490 e. The lowest BCUT2D eigenvalue weighted by molar-refractivity contribution is -0.0360. The van der Waals surface area contributed by atoms with Crippen molar-refractivity contribution in [3.63, 3.8) is 0 Å². The predicted octanol–water partition coefficient (Wildman–Crippen LogP) is 2.23. The second kappa shape index (κ2) is 6.68. The lowest BCUT2D eigenvalue weighted by Gasteiger charge is -2.28. The smallest absolute Gasteiger partial charge is 0.126 e. The van der Waals surface area contributed by atoms with E-state index in [1.165, 1.54) is 17.8 Å². The summed E-state index contributed by atoms with van der Waals surface area (Å²) in [6, 6.07) is 6.21. The van der Waals surface area contributed by atoms with E-state index in [0.29, 0.717) is 12.4 Å². The van der Waals surface area contributed by atoms with Crippen molar-refractivity contribution in [3.8, 4) is 5.75 Å². The summed E-state index contributed by atoms with van der Waals surface area (Å²) in [6.45, 7) is 2.96. The van der Waals surface area contributed by atoms with Crippen LogP contribution >= 0.6 is 0 Å². The summed E-state index contributed by atoms with van der Waals surface area (Å²) >= 11 is 0. The first kappa shape index (κ1) is 16.0. The van der Waals surface area contributed by atoms with Crippen LogP contribution < -0.4 is 4.74 Å². The molecule has 1 saturated heterocycles. The summed E-state index contributed by atoms with van der Waals surface area (Å²) in [7, 11) is 3.71. The first-order valence-corrected chi connectivity index (χ1v) is 7.71. The van der Waals surface area contributed by atoms with Gasteiger partial charge in [0.2, 0.25) is 0 Å². The van der Waals surface area contributed by atoms with Crippen molar-refractivity contribution >= 4 is 0 Å². The van der Waals surface area contributed by atoms with E-state index in [1.807, 2.05) is 24.1 Å². The number of rotatable bonds is 6. The Morgan fingerprint density at radius 2 is 2.26 bits per heavy atom. The molecular weight excluding hydrogens is 297 g/mol. The number of halogens is 1. The van der Waals surface area contributed by atoms with E-state index in [9.17, 15) is 4.39 Å². The van der Waals surface area contributed by atoms with Gasteiger partial charge in [-0.1, -0.05) is 6.07 Å². The SMILES string of the molecule is COC1(COc2cccc(F)c2)CCN(Cc2cncn2C)C1. The van der Waals surface area contributed by atoms with Gasteiger partial charge in [0.25, 0.3) is 0 Å². The van der Waals surface area contributed by atoms with E-state index in [2.05, 4.69) is 9.88 Å². The van der Waals surface area contributed by atoms with Gasteiger partial charge in [-0.3, -0.25) is 4.90 Å². The third-order valence-corrected chi connectivity index (χ3v) is 4.43. The molecular formula is C17H22FN3O2. The van der Waals surface area contributed by atoms with Crippen molar-refractivity contribution in [3.05, 3.63) is 48.3 Å². The molecule has 0 bridgehead atoms. The molecule has 1 aromatic heterocycles. The van der Waals surface area contributed by atoms with Gasteiger partial charge in [0.05, 0.1) is 12.0 Å². The number of aromatic nitrogens is 2. The summed E-state index contributed by atoms with van der Waals surface area (Å²) in [4.78, 5) is 6.48. The van der Waals surface area contributed by atoms with Gasteiger partial charge >= 0.3 is 0 Å². The normalized spacial score (nSPS) is 21.7. The van der Waals surface area contributed by atoms with Gasteiger partial charge in [0, 0.05) is 46.1 Å². The van der Waals surface area contributed by atoms with Gasteiger partial charge in [-0.25, -0.2) is 9.37 Å². The standard InChI is InChI=1S/C17H22FN3O2/c1-20-13-19-9-15(20)10-21-7-6-17(11-21,22-2)12-23-16-5-3-4-14(18)8-16/h3-5,8-9,13H,6-7,10-12H2,1-2H3. The summed E-state index contributed by atoms with van der Waals surface area (Å²) in [5, 5.41) is 0. The van der Waals surface area contributed by atoms with E-state index >= 15 is 0 Å². The zero-order valence-electron chi connectivity index (χ0n) is 13.5. The highest BCUT2D eigenvalue weighted by atomic mass is 19.1. The number of hydrogen-bond donors (Lipinski definition) is 0. The van der Waals surface area contributed by atoms with Crippen LogP contribution in [0.25, 0.3) is 0 Å². The van der Waals surface area contributed by atoms with Crippen LogP contribution in [0.2, 0.25) is 0 Å². The topological polar surface area (TPSA) is 39.5 Å². The number of hydrogen-bond acceptors (Lipinski definition) is 4. The number of benzene rings is 1. The van der Waals surface area contributed by atoms with Crippen molar-refractivity contribution in [1.29, 1.82) is 0 Å². The van der Waals surface area contributed by atoms with Gasteiger partial charge in [0.15, 0.2) is 0 Å². The Bertz CT molecular complexity index is 661. The zero-order valence-corrected chi connectivity index (χ0v) is 13.5. The number of nitrogens with zero attached hydrogens (tertiary/aromatic N) is 3. The third-order valence-electron chi connectivity index (χ3n) is 4.43. The van der Waals surface area contributed by atoms with E-state index in [1.54, 1.807) is 19.2 Å².